The number of benzene rings is 1. The van der Waals surface area contributed by atoms with E-state index in [0.29, 0.717) is 18.9 Å². The maximum absolute atomic E-state index is 12.0. The molecule has 2 fully saturated rings. The fourth-order valence-electron chi connectivity index (χ4n) is 5.07. The predicted octanol–water partition coefficient (Wildman–Crippen LogP) is 6.60. The van der Waals surface area contributed by atoms with E-state index in [1.165, 1.54) is 63.4 Å². The van der Waals surface area contributed by atoms with Gasteiger partial charge in [-0.2, -0.15) is 0 Å². The molecule has 0 radical (unpaired) electrons. The molecule has 0 heterocycles. The van der Waals surface area contributed by atoms with Crippen LogP contribution in [0.25, 0.3) is 0 Å². The van der Waals surface area contributed by atoms with Gasteiger partial charge in [0.1, 0.15) is 19.0 Å². The smallest absolute Gasteiger partial charge is 0.311 e. The molecule has 0 unspecified atom stereocenters. The highest BCUT2D eigenvalue weighted by Crippen LogP contribution is 2.38. The van der Waals surface area contributed by atoms with Gasteiger partial charge < -0.3 is 14.6 Å². The third kappa shape index (κ3) is 8.17. The summed E-state index contributed by atoms with van der Waals surface area (Å²) in [5.74, 6) is 2.70. The van der Waals surface area contributed by atoms with Gasteiger partial charge in [0.05, 0.1) is 5.41 Å². The quantitative estimate of drug-likeness (QED) is 0.258. The molecule has 0 bridgehead atoms. The average Bonchev–Trinajstić information content (AvgIpc) is 2.82. The fourth-order valence-corrected chi connectivity index (χ4v) is 5.07. The molecule has 0 aliphatic heterocycles. The molecule has 2 aliphatic carbocycles. The molecule has 0 amide bonds. The van der Waals surface area contributed by atoms with Crippen molar-refractivity contribution in [3.05, 3.63) is 41.5 Å². The van der Waals surface area contributed by atoms with E-state index in [2.05, 4.69) is 30.4 Å². The molecule has 4 nitrogen and oxygen atoms in total. The van der Waals surface area contributed by atoms with E-state index in [1.54, 1.807) is 0 Å². The molecule has 0 spiro atoms. The summed E-state index contributed by atoms with van der Waals surface area (Å²) in [5, 5.41) is 9.44. The van der Waals surface area contributed by atoms with Crippen molar-refractivity contribution >= 4 is 5.97 Å². The Bertz CT molecular complexity index is 762. The van der Waals surface area contributed by atoms with Crippen LogP contribution in [0.15, 0.2) is 30.4 Å². The Labute approximate surface area is 200 Å². The van der Waals surface area contributed by atoms with Crippen LogP contribution in [0.4, 0.5) is 0 Å². The van der Waals surface area contributed by atoms with Crippen LogP contribution in [-0.2, 0) is 16.0 Å². The van der Waals surface area contributed by atoms with E-state index < -0.39 is 5.41 Å². The summed E-state index contributed by atoms with van der Waals surface area (Å²) in [7, 11) is 0. The van der Waals surface area contributed by atoms with Gasteiger partial charge in [-0.1, -0.05) is 43.5 Å². The van der Waals surface area contributed by atoms with Crippen molar-refractivity contribution in [2.45, 2.75) is 90.9 Å². The first-order valence-corrected chi connectivity index (χ1v) is 13.1. The van der Waals surface area contributed by atoms with Crippen LogP contribution in [0.5, 0.6) is 5.75 Å². The van der Waals surface area contributed by atoms with Gasteiger partial charge in [0.25, 0.3) is 0 Å². The first-order valence-electron chi connectivity index (χ1n) is 13.1. The Morgan fingerprint density at radius 3 is 2.27 bits per heavy atom. The lowest BCUT2D eigenvalue weighted by molar-refractivity contribution is -0.153. The summed E-state index contributed by atoms with van der Waals surface area (Å²) < 4.78 is 11.3. The molecule has 0 atom stereocenters. The summed E-state index contributed by atoms with van der Waals surface area (Å²) in [4.78, 5) is 12.0. The fraction of sp³-hybridized carbons (Fsp3) is 0.690. The number of aliphatic hydroxyl groups is 1. The average molecular weight is 457 g/mol. The van der Waals surface area contributed by atoms with Crippen molar-refractivity contribution in [1.29, 1.82) is 0 Å². The number of hydrogen-bond donors (Lipinski definition) is 1. The van der Waals surface area contributed by atoms with Crippen molar-refractivity contribution in [2.75, 3.05) is 19.8 Å². The van der Waals surface area contributed by atoms with Gasteiger partial charge in [0, 0.05) is 6.61 Å². The molecule has 2 saturated carbocycles. The second kappa shape index (κ2) is 12.6. The van der Waals surface area contributed by atoms with Gasteiger partial charge in [-0.25, -0.2) is 0 Å². The van der Waals surface area contributed by atoms with Crippen molar-refractivity contribution in [3.8, 4) is 5.75 Å². The molecule has 2 aliphatic rings. The highest BCUT2D eigenvalue weighted by atomic mass is 16.6. The Kier molecular flexibility index (Phi) is 9.85. The molecule has 0 saturated heterocycles. The van der Waals surface area contributed by atoms with E-state index in [0.717, 1.165) is 23.1 Å². The lowest BCUT2D eigenvalue weighted by atomic mass is 9.77. The van der Waals surface area contributed by atoms with Crippen molar-refractivity contribution in [2.24, 2.45) is 17.3 Å². The van der Waals surface area contributed by atoms with Crippen LogP contribution in [0.3, 0.4) is 0 Å². The van der Waals surface area contributed by atoms with Gasteiger partial charge in [-0.05, 0) is 101 Å². The Hall–Kier alpha value is -1.81. The van der Waals surface area contributed by atoms with Gasteiger partial charge in [-0.3, -0.25) is 4.79 Å². The maximum atomic E-state index is 12.0. The number of carbonyl (C=O) groups is 1. The number of allylic oxidation sites excluding steroid dienone is 2. The molecule has 1 N–H and O–H groups in total. The lowest BCUT2D eigenvalue weighted by Gasteiger charge is -2.28. The first kappa shape index (κ1) is 25.8. The maximum Gasteiger partial charge on any atom is 0.311 e. The first-order chi connectivity index (χ1) is 15.9. The van der Waals surface area contributed by atoms with Crippen LogP contribution < -0.4 is 4.74 Å². The van der Waals surface area contributed by atoms with Crippen molar-refractivity contribution in [1.82, 2.24) is 0 Å². The zero-order valence-corrected chi connectivity index (χ0v) is 21.0. The Morgan fingerprint density at radius 2 is 1.64 bits per heavy atom. The zero-order valence-electron chi connectivity index (χ0n) is 21.0. The number of carbonyl (C=O) groups excluding carboxylic acids is 1. The summed E-state index contributed by atoms with van der Waals surface area (Å²) in [5.41, 5.74) is 1.83. The number of aliphatic hydroxyl groups excluding tert-OH is 1. The highest BCUT2D eigenvalue weighted by molar-refractivity contribution is 5.75. The normalized spacial score (nSPS) is 22.4. The van der Waals surface area contributed by atoms with Crippen molar-refractivity contribution < 1.29 is 19.4 Å². The van der Waals surface area contributed by atoms with Gasteiger partial charge >= 0.3 is 5.97 Å². The number of rotatable bonds is 9. The molecular formula is C29H44O4. The summed E-state index contributed by atoms with van der Waals surface area (Å²) >= 11 is 0. The van der Waals surface area contributed by atoms with Gasteiger partial charge in [0.15, 0.2) is 0 Å². The van der Waals surface area contributed by atoms with E-state index in [-0.39, 0.29) is 19.2 Å². The molecular weight excluding hydrogens is 412 g/mol. The third-order valence-electron chi connectivity index (χ3n) is 7.21. The van der Waals surface area contributed by atoms with Crippen LogP contribution in [0.2, 0.25) is 0 Å². The summed E-state index contributed by atoms with van der Waals surface area (Å²) in [6.45, 7) is 6.19. The number of ether oxygens (including phenoxy) is 2. The molecule has 33 heavy (non-hydrogen) atoms. The molecule has 1 aromatic carbocycles. The van der Waals surface area contributed by atoms with Gasteiger partial charge in [-0.15, -0.1) is 0 Å². The minimum atomic E-state index is -0.508. The summed E-state index contributed by atoms with van der Waals surface area (Å²) in [6, 6.07) is 6.46. The largest absolute Gasteiger partial charge is 0.490 e. The van der Waals surface area contributed by atoms with E-state index in [4.69, 9.17) is 9.47 Å². The second-order valence-corrected chi connectivity index (χ2v) is 11.0. The van der Waals surface area contributed by atoms with Gasteiger partial charge in [0.2, 0.25) is 0 Å². The minimum Gasteiger partial charge on any atom is -0.490 e. The summed E-state index contributed by atoms with van der Waals surface area (Å²) in [6.07, 6.45) is 17.5. The predicted molar refractivity (Wildman–Crippen MR) is 134 cm³/mol. The lowest BCUT2D eigenvalue weighted by Crippen LogP contribution is -2.25. The second-order valence-electron chi connectivity index (χ2n) is 11.0. The van der Waals surface area contributed by atoms with Crippen LogP contribution >= 0.6 is 0 Å². The van der Waals surface area contributed by atoms with Crippen molar-refractivity contribution in [3.63, 3.8) is 0 Å². The molecule has 0 aromatic heterocycles. The SMILES string of the molecule is CC(C)(C)C(=O)OCCOc1cc(C2CCC(/C=C/C3CCCCC3)CC2)ccc1CCO. The number of esters is 1. The molecule has 3 rings (SSSR count). The van der Waals surface area contributed by atoms with Crippen LogP contribution in [0.1, 0.15) is 95.6 Å². The minimum absolute atomic E-state index is 0.0904. The molecule has 4 heteroatoms. The zero-order chi connectivity index (χ0) is 23.7. The Balaban J connectivity index is 1.53. The van der Waals surface area contributed by atoms with Crippen LogP contribution in [-0.4, -0.2) is 30.9 Å². The molecule has 184 valence electrons. The standard InChI is InChI=1S/C29H44O4/c1-29(2,3)28(31)33-20-19-32-27-21-26(16-15-25(27)17-18-30)24-13-11-23(12-14-24)10-9-22-7-5-4-6-8-22/h9-10,15-16,21-24,30H,4-8,11-14,17-20H2,1-3H3/b10-9+. The van der Waals surface area contributed by atoms with E-state index in [1.807, 2.05) is 20.8 Å². The Morgan fingerprint density at radius 1 is 0.970 bits per heavy atom. The third-order valence-corrected chi connectivity index (χ3v) is 7.21. The number of hydrogen-bond acceptors (Lipinski definition) is 4. The van der Waals surface area contributed by atoms with E-state index >= 15 is 0 Å². The van der Waals surface area contributed by atoms with Crippen LogP contribution in [0, 0.1) is 17.3 Å². The highest BCUT2D eigenvalue weighted by Gasteiger charge is 2.24. The van der Waals surface area contributed by atoms with E-state index in [9.17, 15) is 9.90 Å². The topological polar surface area (TPSA) is 55.8 Å². The molecule has 1 aromatic rings. The monoisotopic (exact) mass is 456 g/mol.